The lowest BCUT2D eigenvalue weighted by molar-refractivity contribution is 0.415. The molecule has 0 aliphatic heterocycles. The first-order valence-electron chi connectivity index (χ1n) is 6.42. The molecule has 0 atom stereocenters. The molecule has 0 saturated carbocycles. The molecule has 2 aromatic rings. The summed E-state index contributed by atoms with van der Waals surface area (Å²) in [6.07, 6.45) is 1.46. The molecule has 7 heteroatoms. The molecule has 1 aromatic carbocycles. The van der Waals surface area contributed by atoms with Crippen molar-refractivity contribution in [3.05, 3.63) is 42.6 Å². The van der Waals surface area contributed by atoms with Gasteiger partial charge in [-0.3, -0.25) is 4.72 Å². The Morgan fingerprint density at radius 3 is 2.76 bits per heavy atom. The maximum absolute atomic E-state index is 12.4. The second-order valence-electron chi connectivity index (χ2n) is 4.24. The van der Waals surface area contributed by atoms with Gasteiger partial charge in [0.15, 0.2) is 0 Å². The molecular weight excluding hydrogens is 290 g/mol. The van der Waals surface area contributed by atoms with Crippen molar-refractivity contribution in [2.45, 2.75) is 11.8 Å². The molecule has 0 unspecified atom stereocenters. The molecule has 2 N–H and O–H groups in total. The van der Waals surface area contributed by atoms with Crippen LogP contribution in [-0.4, -0.2) is 27.1 Å². The van der Waals surface area contributed by atoms with Gasteiger partial charge in [-0.2, -0.15) is 0 Å². The van der Waals surface area contributed by atoms with Gasteiger partial charge in [0, 0.05) is 24.9 Å². The van der Waals surface area contributed by atoms with Crippen LogP contribution >= 0.6 is 0 Å². The van der Waals surface area contributed by atoms with E-state index in [1.165, 1.54) is 25.4 Å². The number of methoxy groups -OCH3 is 1. The lowest BCUT2D eigenvalue weighted by Gasteiger charge is -2.10. The molecule has 6 nitrogen and oxygen atoms in total. The van der Waals surface area contributed by atoms with Gasteiger partial charge in [-0.1, -0.05) is 6.07 Å². The molecule has 0 aliphatic carbocycles. The van der Waals surface area contributed by atoms with E-state index in [2.05, 4.69) is 15.0 Å². The highest BCUT2D eigenvalue weighted by atomic mass is 32.2. The lowest BCUT2D eigenvalue weighted by Crippen LogP contribution is -2.13. The Bertz CT molecular complexity index is 717. The first-order chi connectivity index (χ1) is 10.0. The first-order valence-corrected chi connectivity index (χ1v) is 7.90. The zero-order valence-corrected chi connectivity index (χ0v) is 12.6. The zero-order valence-electron chi connectivity index (χ0n) is 11.8. The standard InChI is InChI=1S/C14H17N3O3S/c1-3-15-14-10-13(7-8-16-14)21(18,19)17-11-5-4-6-12(9-11)20-2/h4-10,17H,3H2,1-2H3,(H,15,16). The Balaban J connectivity index is 2.27. The number of rotatable bonds is 6. The molecule has 1 aromatic heterocycles. The topological polar surface area (TPSA) is 80.3 Å². The number of nitrogens with zero attached hydrogens (tertiary/aromatic N) is 1. The summed E-state index contributed by atoms with van der Waals surface area (Å²) in [5.41, 5.74) is 0.441. The minimum Gasteiger partial charge on any atom is -0.497 e. The van der Waals surface area contributed by atoms with Gasteiger partial charge in [0.25, 0.3) is 10.0 Å². The van der Waals surface area contributed by atoms with Gasteiger partial charge in [0.2, 0.25) is 0 Å². The summed E-state index contributed by atoms with van der Waals surface area (Å²) in [5.74, 6) is 1.10. The molecule has 1 heterocycles. The van der Waals surface area contributed by atoms with E-state index in [1.54, 1.807) is 24.3 Å². The van der Waals surface area contributed by atoms with E-state index in [4.69, 9.17) is 4.74 Å². The minimum atomic E-state index is -3.66. The monoisotopic (exact) mass is 307 g/mol. The van der Waals surface area contributed by atoms with Crippen LogP contribution in [0.4, 0.5) is 11.5 Å². The van der Waals surface area contributed by atoms with E-state index < -0.39 is 10.0 Å². The van der Waals surface area contributed by atoms with E-state index >= 15 is 0 Å². The summed E-state index contributed by atoms with van der Waals surface area (Å²) in [6, 6.07) is 9.67. The smallest absolute Gasteiger partial charge is 0.262 e. The molecule has 0 spiro atoms. The number of benzene rings is 1. The fourth-order valence-electron chi connectivity index (χ4n) is 1.76. The van der Waals surface area contributed by atoms with E-state index in [1.807, 2.05) is 6.92 Å². The number of hydrogen-bond donors (Lipinski definition) is 2. The normalized spacial score (nSPS) is 11.0. The van der Waals surface area contributed by atoms with Crippen LogP contribution in [0.2, 0.25) is 0 Å². The summed E-state index contributed by atoms with van der Waals surface area (Å²) in [4.78, 5) is 4.20. The Labute approximate surface area is 124 Å². The number of ether oxygens (including phenoxy) is 1. The molecule has 112 valence electrons. The van der Waals surface area contributed by atoms with Gasteiger partial charge in [-0.25, -0.2) is 13.4 Å². The molecule has 21 heavy (non-hydrogen) atoms. The third-order valence-corrected chi connectivity index (χ3v) is 4.10. The van der Waals surface area contributed by atoms with Gasteiger partial charge in [0.05, 0.1) is 17.7 Å². The van der Waals surface area contributed by atoms with Crippen LogP contribution in [-0.2, 0) is 10.0 Å². The van der Waals surface area contributed by atoms with Crippen molar-refractivity contribution in [1.82, 2.24) is 4.98 Å². The number of aromatic nitrogens is 1. The molecule has 0 bridgehead atoms. The Morgan fingerprint density at radius 1 is 1.24 bits per heavy atom. The highest BCUT2D eigenvalue weighted by Crippen LogP contribution is 2.21. The van der Waals surface area contributed by atoms with Gasteiger partial charge in [-0.05, 0) is 25.1 Å². The van der Waals surface area contributed by atoms with Crippen molar-refractivity contribution >= 4 is 21.5 Å². The summed E-state index contributed by atoms with van der Waals surface area (Å²) >= 11 is 0. The van der Waals surface area contributed by atoms with Crippen molar-refractivity contribution in [3.63, 3.8) is 0 Å². The summed E-state index contributed by atoms with van der Waals surface area (Å²) in [5, 5.41) is 2.98. The predicted octanol–water partition coefficient (Wildman–Crippen LogP) is 2.32. The van der Waals surface area contributed by atoms with Crippen LogP contribution in [0.1, 0.15) is 6.92 Å². The number of hydrogen-bond acceptors (Lipinski definition) is 5. The maximum atomic E-state index is 12.4. The number of nitrogens with one attached hydrogen (secondary N) is 2. The summed E-state index contributed by atoms with van der Waals surface area (Å²) < 4.78 is 32.3. The van der Waals surface area contributed by atoms with Crippen LogP contribution in [0.15, 0.2) is 47.5 Å². The Morgan fingerprint density at radius 2 is 2.05 bits per heavy atom. The lowest BCUT2D eigenvalue weighted by atomic mass is 10.3. The van der Waals surface area contributed by atoms with Gasteiger partial charge in [0.1, 0.15) is 11.6 Å². The van der Waals surface area contributed by atoms with E-state index in [9.17, 15) is 8.42 Å². The first kappa shape index (κ1) is 15.1. The van der Waals surface area contributed by atoms with Crippen molar-refractivity contribution < 1.29 is 13.2 Å². The fourth-order valence-corrected chi connectivity index (χ4v) is 2.82. The quantitative estimate of drug-likeness (QED) is 0.856. The van der Waals surface area contributed by atoms with Gasteiger partial charge < -0.3 is 10.1 Å². The van der Waals surface area contributed by atoms with Crippen molar-refractivity contribution in [3.8, 4) is 5.75 Å². The van der Waals surface area contributed by atoms with Gasteiger partial charge >= 0.3 is 0 Å². The summed E-state index contributed by atoms with van der Waals surface area (Å²) in [7, 11) is -2.14. The molecular formula is C14H17N3O3S. The van der Waals surface area contributed by atoms with E-state index in [-0.39, 0.29) is 4.90 Å². The number of pyridine rings is 1. The highest BCUT2D eigenvalue weighted by Gasteiger charge is 2.15. The average molecular weight is 307 g/mol. The Hall–Kier alpha value is -2.28. The SMILES string of the molecule is CCNc1cc(S(=O)(=O)Nc2cccc(OC)c2)ccn1. The molecule has 0 amide bonds. The molecule has 0 fully saturated rings. The second-order valence-corrected chi connectivity index (χ2v) is 5.93. The third kappa shape index (κ3) is 3.85. The summed E-state index contributed by atoms with van der Waals surface area (Å²) in [6.45, 7) is 2.58. The van der Waals surface area contributed by atoms with Crippen molar-refractivity contribution in [2.75, 3.05) is 23.7 Å². The highest BCUT2D eigenvalue weighted by molar-refractivity contribution is 7.92. The van der Waals surface area contributed by atoms with Crippen LogP contribution in [0.3, 0.4) is 0 Å². The third-order valence-electron chi connectivity index (χ3n) is 2.72. The van der Waals surface area contributed by atoms with E-state index in [0.29, 0.717) is 23.8 Å². The molecule has 0 radical (unpaired) electrons. The van der Waals surface area contributed by atoms with Gasteiger partial charge in [-0.15, -0.1) is 0 Å². The molecule has 2 rings (SSSR count). The molecule has 0 aliphatic rings. The largest absolute Gasteiger partial charge is 0.497 e. The van der Waals surface area contributed by atoms with Crippen molar-refractivity contribution in [1.29, 1.82) is 0 Å². The molecule has 0 saturated heterocycles. The van der Waals surface area contributed by atoms with Crippen LogP contribution < -0.4 is 14.8 Å². The number of anilines is 2. The second kappa shape index (κ2) is 6.45. The van der Waals surface area contributed by atoms with Crippen molar-refractivity contribution in [2.24, 2.45) is 0 Å². The Kier molecular flexibility index (Phi) is 4.64. The van der Waals surface area contributed by atoms with Crippen LogP contribution in [0.25, 0.3) is 0 Å². The maximum Gasteiger partial charge on any atom is 0.262 e. The average Bonchev–Trinajstić information content (AvgIpc) is 2.48. The van der Waals surface area contributed by atoms with Crippen LogP contribution in [0.5, 0.6) is 5.75 Å². The fraction of sp³-hybridized carbons (Fsp3) is 0.214. The predicted molar refractivity (Wildman–Crippen MR) is 82.2 cm³/mol. The zero-order chi connectivity index (χ0) is 15.3. The van der Waals surface area contributed by atoms with E-state index in [0.717, 1.165) is 0 Å². The number of sulfonamides is 1. The van der Waals surface area contributed by atoms with Crippen LogP contribution in [0, 0.1) is 0 Å². The minimum absolute atomic E-state index is 0.149.